The number of hydrogen-bond acceptors (Lipinski definition) is 4. The van der Waals surface area contributed by atoms with Crippen molar-refractivity contribution in [1.29, 1.82) is 0 Å². The zero-order valence-corrected chi connectivity index (χ0v) is 17.4. The standard InChI is InChI=1S/C22H32N2O4/c1-22(2,3)28-20(26)16-23(4)21(27)18-12-14-24(15-13-18)19(25)11-10-17-8-6-5-7-9-17/h5-9,18H,10-16H2,1-4H3. The predicted octanol–water partition coefficient (Wildman–Crippen LogP) is 2.66. The van der Waals surface area contributed by atoms with Crippen LogP contribution in [0, 0.1) is 5.92 Å². The Morgan fingerprint density at radius 1 is 1.11 bits per heavy atom. The number of carbonyl (C=O) groups is 3. The summed E-state index contributed by atoms with van der Waals surface area (Å²) >= 11 is 0. The lowest BCUT2D eigenvalue weighted by Gasteiger charge is -2.33. The molecule has 0 radical (unpaired) electrons. The van der Waals surface area contributed by atoms with Gasteiger partial charge in [0.05, 0.1) is 0 Å². The van der Waals surface area contributed by atoms with Crippen LogP contribution in [0.2, 0.25) is 0 Å². The van der Waals surface area contributed by atoms with Crippen LogP contribution in [-0.2, 0) is 25.5 Å². The fraction of sp³-hybridized carbons (Fsp3) is 0.591. The molecular formula is C22H32N2O4. The van der Waals surface area contributed by atoms with E-state index in [2.05, 4.69) is 0 Å². The number of nitrogens with zero attached hydrogens (tertiary/aromatic N) is 2. The zero-order chi connectivity index (χ0) is 20.7. The van der Waals surface area contributed by atoms with Crippen LogP contribution in [0.25, 0.3) is 0 Å². The Hall–Kier alpha value is -2.37. The summed E-state index contributed by atoms with van der Waals surface area (Å²) < 4.78 is 5.27. The van der Waals surface area contributed by atoms with Gasteiger partial charge in [0, 0.05) is 32.5 Å². The van der Waals surface area contributed by atoms with Crippen molar-refractivity contribution in [2.75, 3.05) is 26.7 Å². The number of likely N-dealkylation sites (tertiary alicyclic amines) is 1. The minimum Gasteiger partial charge on any atom is -0.459 e. The summed E-state index contributed by atoms with van der Waals surface area (Å²) in [6, 6.07) is 9.97. The first kappa shape index (κ1) is 21.9. The Labute approximate surface area is 167 Å². The second kappa shape index (κ2) is 9.71. The van der Waals surface area contributed by atoms with E-state index >= 15 is 0 Å². The van der Waals surface area contributed by atoms with E-state index in [4.69, 9.17) is 4.74 Å². The van der Waals surface area contributed by atoms with Gasteiger partial charge < -0.3 is 14.5 Å². The van der Waals surface area contributed by atoms with Crippen molar-refractivity contribution in [3.63, 3.8) is 0 Å². The third kappa shape index (κ3) is 6.98. The number of piperidine rings is 1. The van der Waals surface area contributed by atoms with Gasteiger partial charge in [0.15, 0.2) is 0 Å². The highest BCUT2D eigenvalue weighted by Gasteiger charge is 2.30. The maximum Gasteiger partial charge on any atom is 0.326 e. The largest absolute Gasteiger partial charge is 0.459 e. The molecule has 1 aliphatic rings. The van der Waals surface area contributed by atoms with Gasteiger partial charge in [-0.2, -0.15) is 0 Å². The molecule has 2 rings (SSSR count). The molecular weight excluding hydrogens is 356 g/mol. The van der Waals surface area contributed by atoms with Gasteiger partial charge in [0.25, 0.3) is 0 Å². The molecule has 1 fully saturated rings. The summed E-state index contributed by atoms with van der Waals surface area (Å²) in [4.78, 5) is 40.2. The third-order valence-electron chi connectivity index (χ3n) is 4.83. The number of rotatable bonds is 6. The maximum absolute atomic E-state index is 12.6. The SMILES string of the molecule is CN(CC(=O)OC(C)(C)C)C(=O)C1CCN(C(=O)CCc2ccccc2)CC1. The van der Waals surface area contributed by atoms with E-state index in [-0.39, 0.29) is 24.3 Å². The number of amides is 2. The van der Waals surface area contributed by atoms with Crippen molar-refractivity contribution in [3.05, 3.63) is 35.9 Å². The number of likely N-dealkylation sites (N-methyl/N-ethyl adjacent to an activating group) is 1. The topological polar surface area (TPSA) is 66.9 Å². The van der Waals surface area contributed by atoms with Gasteiger partial charge in [-0.1, -0.05) is 30.3 Å². The molecule has 1 aliphatic heterocycles. The molecule has 0 saturated carbocycles. The van der Waals surface area contributed by atoms with E-state index in [1.54, 1.807) is 27.8 Å². The zero-order valence-electron chi connectivity index (χ0n) is 17.4. The van der Waals surface area contributed by atoms with Crippen LogP contribution in [0.5, 0.6) is 0 Å². The molecule has 0 bridgehead atoms. The molecule has 28 heavy (non-hydrogen) atoms. The van der Waals surface area contributed by atoms with Crippen LogP contribution in [0.4, 0.5) is 0 Å². The Kier molecular flexibility index (Phi) is 7.61. The summed E-state index contributed by atoms with van der Waals surface area (Å²) in [6.45, 7) is 6.53. The van der Waals surface area contributed by atoms with Crippen LogP contribution in [-0.4, -0.2) is 59.9 Å². The summed E-state index contributed by atoms with van der Waals surface area (Å²) in [5, 5.41) is 0. The average molecular weight is 389 g/mol. The highest BCUT2D eigenvalue weighted by atomic mass is 16.6. The molecule has 2 amide bonds. The van der Waals surface area contributed by atoms with Gasteiger partial charge in [-0.05, 0) is 45.6 Å². The lowest BCUT2D eigenvalue weighted by molar-refractivity contribution is -0.159. The fourth-order valence-corrected chi connectivity index (χ4v) is 3.39. The van der Waals surface area contributed by atoms with Gasteiger partial charge in [-0.25, -0.2) is 0 Å². The van der Waals surface area contributed by atoms with E-state index in [0.717, 1.165) is 12.0 Å². The molecule has 0 atom stereocenters. The van der Waals surface area contributed by atoms with E-state index in [1.165, 1.54) is 4.90 Å². The molecule has 0 spiro atoms. The first-order valence-electron chi connectivity index (χ1n) is 9.94. The average Bonchev–Trinajstić information content (AvgIpc) is 2.64. The molecule has 1 aromatic rings. The normalized spacial score (nSPS) is 15.2. The van der Waals surface area contributed by atoms with Crippen LogP contribution in [0.15, 0.2) is 30.3 Å². The van der Waals surface area contributed by atoms with Gasteiger partial charge in [-0.3, -0.25) is 14.4 Å². The smallest absolute Gasteiger partial charge is 0.326 e. The van der Waals surface area contributed by atoms with Gasteiger partial charge >= 0.3 is 5.97 Å². The lowest BCUT2D eigenvalue weighted by Crippen LogP contribution is -2.45. The Balaban J connectivity index is 1.75. The summed E-state index contributed by atoms with van der Waals surface area (Å²) in [7, 11) is 1.63. The van der Waals surface area contributed by atoms with Crippen LogP contribution in [0.3, 0.4) is 0 Å². The van der Waals surface area contributed by atoms with Gasteiger partial charge in [-0.15, -0.1) is 0 Å². The first-order chi connectivity index (χ1) is 13.2. The first-order valence-corrected chi connectivity index (χ1v) is 9.94. The van der Waals surface area contributed by atoms with E-state index in [0.29, 0.717) is 32.4 Å². The van der Waals surface area contributed by atoms with E-state index in [1.807, 2.05) is 35.2 Å². The van der Waals surface area contributed by atoms with E-state index in [9.17, 15) is 14.4 Å². The Morgan fingerprint density at radius 3 is 2.29 bits per heavy atom. The summed E-state index contributed by atoms with van der Waals surface area (Å²) in [5.41, 5.74) is 0.594. The number of hydrogen-bond donors (Lipinski definition) is 0. The van der Waals surface area contributed by atoms with Crippen LogP contribution < -0.4 is 0 Å². The van der Waals surface area contributed by atoms with Crippen molar-refractivity contribution in [2.45, 2.75) is 52.1 Å². The number of carbonyl (C=O) groups excluding carboxylic acids is 3. The van der Waals surface area contributed by atoms with Gasteiger partial charge in [0.1, 0.15) is 12.1 Å². The summed E-state index contributed by atoms with van der Waals surface area (Å²) in [5.74, 6) is -0.471. The van der Waals surface area contributed by atoms with Crippen LogP contribution >= 0.6 is 0 Å². The second-order valence-corrected chi connectivity index (χ2v) is 8.42. The summed E-state index contributed by atoms with van der Waals surface area (Å²) in [6.07, 6.45) is 2.49. The molecule has 0 aromatic heterocycles. The van der Waals surface area contributed by atoms with Crippen LogP contribution in [0.1, 0.15) is 45.6 Å². The lowest BCUT2D eigenvalue weighted by atomic mass is 9.95. The molecule has 6 nitrogen and oxygen atoms in total. The molecule has 0 unspecified atom stereocenters. The molecule has 1 heterocycles. The van der Waals surface area contributed by atoms with Crippen molar-refractivity contribution >= 4 is 17.8 Å². The molecule has 1 aromatic carbocycles. The molecule has 0 N–H and O–H groups in total. The van der Waals surface area contributed by atoms with Crippen molar-refractivity contribution in [2.24, 2.45) is 5.92 Å². The van der Waals surface area contributed by atoms with E-state index < -0.39 is 11.6 Å². The second-order valence-electron chi connectivity index (χ2n) is 8.42. The number of esters is 1. The van der Waals surface area contributed by atoms with Crippen molar-refractivity contribution in [3.8, 4) is 0 Å². The number of aryl methyl sites for hydroxylation is 1. The third-order valence-corrected chi connectivity index (χ3v) is 4.83. The molecule has 0 aliphatic carbocycles. The monoisotopic (exact) mass is 388 g/mol. The number of ether oxygens (including phenoxy) is 1. The van der Waals surface area contributed by atoms with Crippen molar-refractivity contribution < 1.29 is 19.1 Å². The Morgan fingerprint density at radius 2 is 1.71 bits per heavy atom. The minimum absolute atomic E-state index is 0.0493. The molecule has 6 heteroatoms. The Bertz CT molecular complexity index is 674. The highest BCUT2D eigenvalue weighted by molar-refractivity contribution is 5.84. The highest BCUT2D eigenvalue weighted by Crippen LogP contribution is 2.20. The minimum atomic E-state index is -0.563. The quantitative estimate of drug-likeness (QED) is 0.703. The predicted molar refractivity (Wildman–Crippen MR) is 108 cm³/mol. The maximum atomic E-state index is 12.6. The number of benzene rings is 1. The molecule has 1 saturated heterocycles. The molecule has 154 valence electrons. The fourth-order valence-electron chi connectivity index (χ4n) is 3.39. The van der Waals surface area contributed by atoms with Crippen molar-refractivity contribution in [1.82, 2.24) is 9.80 Å². The van der Waals surface area contributed by atoms with Gasteiger partial charge in [0.2, 0.25) is 11.8 Å².